The highest BCUT2D eigenvalue weighted by Crippen LogP contribution is 2.23. The smallest absolute Gasteiger partial charge is 0.337 e. The van der Waals surface area contributed by atoms with Crippen LogP contribution in [0.3, 0.4) is 0 Å². The van der Waals surface area contributed by atoms with E-state index in [9.17, 15) is 15.0 Å². The van der Waals surface area contributed by atoms with Crippen LogP contribution in [-0.4, -0.2) is 38.9 Å². The van der Waals surface area contributed by atoms with Gasteiger partial charge >= 0.3 is 5.97 Å². The van der Waals surface area contributed by atoms with E-state index in [0.29, 0.717) is 17.9 Å². The molecule has 0 radical (unpaired) electrons. The lowest BCUT2D eigenvalue weighted by Crippen LogP contribution is -2.56. The molecule has 1 heterocycles. The molecule has 0 aliphatic heterocycles. The van der Waals surface area contributed by atoms with Gasteiger partial charge in [0, 0.05) is 36.8 Å². The van der Waals surface area contributed by atoms with Crippen molar-refractivity contribution in [1.82, 2.24) is 4.98 Å². The first-order valence-corrected chi connectivity index (χ1v) is 9.57. The molecule has 0 spiro atoms. The number of hydrogen-bond donors (Lipinski definition) is 3. The van der Waals surface area contributed by atoms with Crippen molar-refractivity contribution in [3.63, 3.8) is 0 Å². The van der Waals surface area contributed by atoms with Crippen LogP contribution in [0.15, 0.2) is 48.7 Å². The van der Waals surface area contributed by atoms with Gasteiger partial charge in [-0.15, -0.1) is 0 Å². The lowest BCUT2D eigenvalue weighted by molar-refractivity contribution is -0.161. The Kier molecular flexibility index (Phi) is 7.54. The fraction of sp³-hybridized carbons (Fsp3) is 0.455. The number of nitrogens with zero attached hydrogens (tertiary/aromatic N) is 1. The van der Waals surface area contributed by atoms with Crippen molar-refractivity contribution in [1.29, 1.82) is 0 Å². The standard InChI is InChI=1S/C22H30N2O4/c1-15(2)11-20(23)22(27,21(25)26)14-18-13-19(9-10-24-18)28-16(3)12-17-7-5-4-6-8-17/h4-10,13,15-16,20,27H,11-12,14,23H2,1-3H3,(H,25,26)/t16-,20+,22-/m1/s1. The Morgan fingerprint density at radius 2 is 1.89 bits per heavy atom. The molecule has 0 bridgehead atoms. The lowest BCUT2D eigenvalue weighted by Gasteiger charge is -2.30. The minimum absolute atomic E-state index is 0.0702. The molecule has 28 heavy (non-hydrogen) atoms. The van der Waals surface area contributed by atoms with E-state index in [2.05, 4.69) is 4.98 Å². The predicted molar refractivity (Wildman–Crippen MR) is 108 cm³/mol. The SMILES string of the molecule is CC(C)C[C@H](N)[C@](O)(Cc1cc(O[C@H](C)Cc2ccccc2)ccn1)C(=O)O. The van der Waals surface area contributed by atoms with Gasteiger partial charge in [-0.25, -0.2) is 4.79 Å². The Morgan fingerprint density at radius 1 is 1.21 bits per heavy atom. The second-order valence-electron chi connectivity index (χ2n) is 7.74. The lowest BCUT2D eigenvalue weighted by atomic mass is 9.84. The number of carboxylic acid groups (broad SMARTS) is 1. The van der Waals surface area contributed by atoms with Crippen LogP contribution >= 0.6 is 0 Å². The van der Waals surface area contributed by atoms with Crippen LogP contribution in [0.1, 0.15) is 38.4 Å². The largest absolute Gasteiger partial charge is 0.490 e. The second-order valence-corrected chi connectivity index (χ2v) is 7.74. The van der Waals surface area contributed by atoms with Crippen molar-refractivity contribution in [3.8, 4) is 5.75 Å². The van der Waals surface area contributed by atoms with E-state index in [0.717, 1.165) is 6.42 Å². The normalized spacial score (nSPS) is 15.6. The van der Waals surface area contributed by atoms with Crippen LogP contribution in [-0.2, 0) is 17.6 Å². The van der Waals surface area contributed by atoms with Crippen molar-refractivity contribution >= 4 is 5.97 Å². The molecule has 3 atom stereocenters. The predicted octanol–water partition coefficient (Wildman–Crippen LogP) is 2.82. The van der Waals surface area contributed by atoms with E-state index in [1.165, 1.54) is 5.56 Å². The molecule has 0 aliphatic rings. The van der Waals surface area contributed by atoms with Crippen LogP contribution in [0.2, 0.25) is 0 Å². The molecule has 2 rings (SSSR count). The van der Waals surface area contributed by atoms with Crippen molar-refractivity contribution < 1.29 is 19.7 Å². The molecular formula is C22H30N2O4. The van der Waals surface area contributed by atoms with Crippen molar-refractivity contribution in [2.24, 2.45) is 11.7 Å². The molecule has 0 fully saturated rings. The van der Waals surface area contributed by atoms with Gasteiger partial charge in [-0.05, 0) is 30.9 Å². The summed E-state index contributed by atoms with van der Waals surface area (Å²) < 4.78 is 5.96. The number of aliphatic hydroxyl groups is 1. The zero-order valence-electron chi connectivity index (χ0n) is 16.7. The number of pyridine rings is 1. The summed E-state index contributed by atoms with van der Waals surface area (Å²) >= 11 is 0. The highest BCUT2D eigenvalue weighted by Gasteiger charge is 2.43. The van der Waals surface area contributed by atoms with Gasteiger partial charge in [-0.1, -0.05) is 44.2 Å². The van der Waals surface area contributed by atoms with Gasteiger partial charge in [0.2, 0.25) is 0 Å². The second kappa shape index (κ2) is 9.66. The highest BCUT2D eigenvalue weighted by molar-refractivity contribution is 5.78. The van der Waals surface area contributed by atoms with Gasteiger partial charge in [0.05, 0.1) is 6.10 Å². The molecule has 2 aromatic rings. The Labute approximate surface area is 166 Å². The monoisotopic (exact) mass is 386 g/mol. The zero-order valence-corrected chi connectivity index (χ0v) is 16.7. The minimum Gasteiger partial charge on any atom is -0.490 e. The average Bonchev–Trinajstić information content (AvgIpc) is 2.61. The van der Waals surface area contributed by atoms with Gasteiger partial charge in [-0.3, -0.25) is 4.98 Å². The molecule has 152 valence electrons. The number of benzene rings is 1. The third-order valence-corrected chi connectivity index (χ3v) is 4.65. The van der Waals surface area contributed by atoms with E-state index >= 15 is 0 Å². The number of hydrogen-bond acceptors (Lipinski definition) is 5. The van der Waals surface area contributed by atoms with E-state index in [-0.39, 0.29) is 18.4 Å². The van der Waals surface area contributed by atoms with Crippen molar-refractivity contribution in [2.45, 2.75) is 57.8 Å². The first-order valence-electron chi connectivity index (χ1n) is 9.57. The molecule has 6 heteroatoms. The fourth-order valence-electron chi connectivity index (χ4n) is 3.19. The molecule has 1 aromatic heterocycles. The number of ether oxygens (including phenoxy) is 1. The zero-order chi connectivity index (χ0) is 20.7. The molecule has 4 N–H and O–H groups in total. The molecule has 0 unspecified atom stereocenters. The molecule has 1 aromatic carbocycles. The van der Waals surface area contributed by atoms with Gasteiger partial charge in [-0.2, -0.15) is 0 Å². The Bertz CT molecular complexity index is 766. The maximum Gasteiger partial charge on any atom is 0.337 e. The summed E-state index contributed by atoms with van der Waals surface area (Å²) in [6, 6.07) is 12.5. The summed E-state index contributed by atoms with van der Waals surface area (Å²) in [7, 11) is 0. The van der Waals surface area contributed by atoms with Gasteiger partial charge in [0.25, 0.3) is 0 Å². The first-order chi connectivity index (χ1) is 13.2. The topological polar surface area (TPSA) is 106 Å². The summed E-state index contributed by atoms with van der Waals surface area (Å²) in [6.07, 6.45) is 2.44. The molecule has 0 aliphatic carbocycles. The Hall–Kier alpha value is -2.44. The van der Waals surface area contributed by atoms with Gasteiger partial charge in [0.1, 0.15) is 5.75 Å². The van der Waals surface area contributed by atoms with Crippen LogP contribution < -0.4 is 10.5 Å². The summed E-state index contributed by atoms with van der Waals surface area (Å²) in [5.41, 5.74) is 5.53. The van der Waals surface area contributed by atoms with Crippen molar-refractivity contribution in [3.05, 3.63) is 59.9 Å². The van der Waals surface area contributed by atoms with Crippen LogP contribution in [0.4, 0.5) is 0 Å². The fourth-order valence-corrected chi connectivity index (χ4v) is 3.19. The summed E-state index contributed by atoms with van der Waals surface area (Å²) in [5.74, 6) is -0.591. The summed E-state index contributed by atoms with van der Waals surface area (Å²) in [5, 5.41) is 20.3. The number of aromatic nitrogens is 1. The van der Waals surface area contributed by atoms with Gasteiger partial charge in [0.15, 0.2) is 5.60 Å². The Morgan fingerprint density at radius 3 is 2.50 bits per heavy atom. The third-order valence-electron chi connectivity index (χ3n) is 4.65. The number of carbonyl (C=O) groups is 1. The molecule has 0 saturated heterocycles. The molecule has 6 nitrogen and oxygen atoms in total. The number of aliphatic carboxylic acids is 1. The van der Waals surface area contributed by atoms with E-state index in [1.54, 1.807) is 18.3 Å². The van der Waals surface area contributed by atoms with Crippen LogP contribution in [0, 0.1) is 5.92 Å². The summed E-state index contributed by atoms with van der Waals surface area (Å²) in [6.45, 7) is 5.84. The van der Waals surface area contributed by atoms with E-state index in [1.807, 2.05) is 51.1 Å². The third kappa shape index (κ3) is 6.04. The molecule has 0 saturated carbocycles. The highest BCUT2D eigenvalue weighted by atomic mass is 16.5. The maximum absolute atomic E-state index is 11.7. The summed E-state index contributed by atoms with van der Waals surface area (Å²) in [4.78, 5) is 15.9. The van der Waals surface area contributed by atoms with Crippen LogP contribution in [0.25, 0.3) is 0 Å². The number of nitrogens with two attached hydrogens (primary N) is 1. The van der Waals surface area contributed by atoms with E-state index < -0.39 is 17.6 Å². The average molecular weight is 386 g/mol. The van der Waals surface area contributed by atoms with Gasteiger partial charge < -0.3 is 20.7 Å². The first kappa shape index (κ1) is 21.9. The molecular weight excluding hydrogens is 356 g/mol. The Balaban J connectivity index is 2.09. The molecule has 0 amide bonds. The number of carboxylic acids is 1. The van der Waals surface area contributed by atoms with Crippen LogP contribution in [0.5, 0.6) is 5.75 Å². The maximum atomic E-state index is 11.7. The number of rotatable bonds is 10. The van der Waals surface area contributed by atoms with Crippen molar-refractivity contribution in [2.75, 3.05) is 0 Å². The minimum atomic E-state index is -2.08. The quantitative estimate of drug-likeness (QED) is 0.580. The van der Waals surface area contributed by atoms with E-state index in [4.69, 9.17) is 10.5 Å².